The molecule has 0 N–H and O–H groups in total. The van der Waals surface area contributed by atoms with Gasteiger partial charge in [-0.25, -0.2) is 9.48 Å². The van der Waals surface area contributed by atoms with Gasteiger partial charge in [-0.05, 0) is 32.4 Å². The molecule has 0 amide bonds. The molecule has 0 spiro atoms. The zero-order chi connectivity index (χ0) is 17.7. The molecule has 0 unspecified atom stereocenters. The van der Waals surface area contributed by atoms with Crippen molar-refractivity contribution in [3.63, 3.8) is 0 Å². The summed E-state index contributed by atoms with van der Waals surface area (Å²) < 4.78 is 6.54. The summed E-state index contributed by atoms with van der Waals surface area (Å²) in [6, 6.07) is 9.95. The van der Waals surface area contributed by atoms with Crippen molar-refractivity contribution >= 4 is 23.6 Å². The van der Waals surface area contributed by atoms with E-state index in [4.69, 9.17) is 21.6 Å². The third-order valence-corrected chi connectivity index (χ3v) is 3.82. The highest BCUT2D eigenvalue weighted by molar-refractivity contribution is 6.31. The van der Waals surface area contributed by atoms with Crippen molar-refractivity contribution in [1.82, 2.24) is 9.78 Å². The summed E-state index contributed by atoms with van der Waals surface area (Å²) in [6.07, 6.45) is 2.02. The van der Waals surface area contributed by atoms with Gasteiger partial charge in [0.2, 0.25) is 0 Å². The van der Waals surface area contributed by atoms with Crippen LogP contribution in [-0.4, -0.2) is 21.9 Å². The Kier molecular flexibility index (Phi) is 5.78. The quantitative estimate of drug-likeness (QED) is 0.613. The van der Waals surface area contributed by atoms with Crippen LogP contribution in [0.3, 0.4) is 0 Å². The Bertz CT molecular complexity index is 801. The van der Waals surface area contributed by atoms with Gasteiger partial charge in [0.15, 0.2) is 6.10 Å². The lowest BCUT2D eigenvalue weighted by Crippen LogP contribution is -2.10. The molecule has 2 rings (SSSR count). The van der Waals surface area contributed by atoms with E-state index in [1.165, 1.54) is 18.6 Å². The average Bonchev–Trinajstić information content (AvgIpc) is 2.81. The second-order valence-corrected chi connectivity index (χ2v) is 5.83. The molecule has 5 nitrogen and oxygen atoms in total. The molecule has 0 aliphatic rings. The number of nitriles is 1. The van der Waals surface area contributed by atoms with Gasteiger partial charge in [0.25, 0.3) is 0 Å². The Labute approximate surface area is 146 Å². The van der Waals surface area contributed by atoms with Gasteiger partial charge in [0.1, 0.15) is 11.2 Å². The van der Waals surface area contributed by atoms with Crippen molar-refractivity contribution in [2.75, 3.05) is 0 Å². The summed E-state index contributed by atoms with van der Waals surface area (Å²) >= 11 is 6.37. The molecular weight excluding hydrogens is 326 g/mol. The summed E-state index contributed by atoms with van der Waals surface area (Å²) in [5.41, 5.74) is 3.65. The van der Waals surface area contributed by atoms with Crippen LogP contribution in [0.25, 0.3) is 6.08 Å². The molecule has 1 aromatic heterocycles. The largest absolute Gasteiger partial charge is 0.444 e. The predicted molar refractivity (Wildman–Crippen MR) is 92.5 cm³/mol. The Morgan fingerprint density at radius 3 is 2.71 bits per heavy atom. The van der Waals surface area contributed by atoms with Crippen molar-refractivity contribution in [1.29, 1.82) is 5.26 Å². The number of ether oxygens (including phenoxy) is 1. The second kappa shape index (κ2) is 7.80. The normalized spacial score (nSPS) is 12.1. The number of benzene rings is 1. The Hall–Kier alpha value is -2.58. The summed E-state index contributed by atoms with van der Waals surface area (Å²) in [5, 5.41) is 13.5. The molecule has 0 fully saturated rings. The van der Waals surface area contributed by atoms with E-state index in [0.717, 1.165) is 5.56 Å². The first kappa shape index (κ1) is 17.8. The molecule has 124 valence electrons. The van der Waals surface area contributed by atoms with E-state index < -0.39 is 12.1 Å². The molecule has 24 heavy (non-hydrogen) atoms. The predicted octanol–water partition coefficient (Wildman–Crippen LogP) is 3.67. The summed E-state index contributed by atoms with van der Waals surface area (Å²) in [7, 11) is 0. The van der Waals surface area contributed by atoms with Gasteiger partial charge in [0, 0.05) is 11.6 Å². The number of carbonyl (C=O) groups excluding carboxylic acids is 1. The van der Waals surface area contributed by atoms with Crippen LogP contribution < -0.4 is 0 Å². The third kappa shape index (κ3) is 4.46. The van der Waals surface area contributed by atoms with Gasteiger partial charge in [-0.1, -0.05) is 41.4 Å². The number of carbonyl (C=O) groups is 1. The standard InChI is InChI=1S/C18H18ClN3O2/c1-12-4-6-15(7-5-12)11-22-18(19)16(14(3)21-22)8-9-17(23)24-13(2)10-20/h4-9,13H,11H2,1-3H3/b9-8+/t13-/m1/s1. The van der Waals surface area contributed by atoms with E-state index in [9.17, 15) is 4.79 Å². The molecule has 1 atom stereocenters. The Morgan fingerprint density at radius 1 is 1.42 bits per heavy atom. The van der Waals surface area contributed by atoms with Crippen LogP contribution in [0.4, 0.5) is 0 Å². The topological polar surface area (TPSA) is 67.9 Å². The minimum absolute atomic E-state index is 0.449. The summed E-state index contributed by atoms with van der Waals surface area (Å²) in [5.74, 6) is -0.592. The number of hydrogen-bond acceptors (Lipinski definition) is 4. The van der Waals surface area contributed by atoms with Gasteiger partial charge in [-0.2, -0.15) is 10.4 Å². The minimum Gasteiger partial charge on any atom is -0.444 e. The van der Waals surface area contributed by atoms with Crippen molar-refractivity contribution in [2.24, 2.45) is 0 Å². The van der Waals surface area contributed by atoms with Crippen LogP contribution in [0.5, 0.6) is 0 Å². The molecule has 0 radical (unpaired) electrons. The fourth-order valence-corrected chi connectivity index (χ4v) is 2.42. The molecule has 1 heterocycles. The van der Waals surface area contributed by atoms with Crippen LogP contribution in [0.2, 0.25) is 5.15 Å². The number of nitrogens with zero attached hydrogens (tertiary/aromatic N) is 3. The first-order valence-electron chi connectivity index (χ1n) is 7.47. The minimum atomic E-state index is -0.789. The molecule has 1 aromatic carbocycles. The number of hydrogen-bond donors (Lipinski definition) is 0. The molecule has 2 aromatic rings. The lowest BCUT2D eigenvalue weighted by molar-refractivity contribution is -0.139. The summed E-state index contributed by atoms with van der Waals surface area (Å²) in [6.45, 7) is 5.90. The smallest absolute Gasteiger partial charge is 0.332 e. The average molecular weight is 344 g/mol. The van der Waals surface area contributed by atoms with E-state index in [-0.39, 0.29) is 0 Å². The van der Waals surface area contributed by atoms with Gasteiger partial charge in [0.05, 0.1) is 12.2 Å². The van der Waals surface area contributed by atoms with E-state index >= 15 is 0 Å². The highest BCUT2D eigenvalue weighted by atomic mass is 35.5. The Balaban J connectivity index is 2.15. The molecule has 0 bridgehead atoms. The second-order valence-electron chi connectivity index (χ2n) is 5.47. The highest BCUT2D eigenvalue weighted by Crippen LogP contribution is 2.22. The van der Waals surface area contributed by atoms with Gasteiger partial charge < -0.3 is 4.74 Å². The first-order chi connectivity index (χ1) is 11.4. The Morgan fingerprint density at radius 2 is 2.08 bits per heavy atom. The van der Waals surface area contributed by atoms with Crippen LogP contribution in [0, 0.1) is 25.2 Å². The maximum Gasteiger partial charge on any atom is 0.332 e. The van der Waals surface area contributed by atoms with E-state index in [1.807, 2.05) is 44.2 Å². The zero-order valence-electron chi connectivity index (χ0n) is 13.8. The molecule has 0 aliphatic carbocycles. The zero-order valence-corrected chi connectivity index (χ0v) is 14.5. The maximum atomic E-state index is 11.6. The number of aryl methyl sites for hydroxylation is 2. The number of esters is 1. The van der Waals surface area contributed by atoms with Crippen molar-refractivity contribution in [2.45, 2.75) is 33.4 Å². The highest BCUT2D eigenvalue weighted by Gasteiger charge is 2.12. The van der Waals surface area contributed by atoms with Gasteiger partial charge in [-0.15, -0.1) is 0 Å². The number of aromatic nitrogens is 2. The molecular formula is C18H18ClN3O2. The molecule has 0 saturated heterocycles. The fourth-order valence-electron chi connectivity index (χ4n) is 2.12. The van der Waals surface area contributed by atoms with Crippen molar-refractivity contribution in [3.05, 3.63) is 57.9 Å². The monoisotopic (exact) mass is 343 g/mol. The van der Waals surface area contributed by atoms with E-state index in [1.54, 1.807) is 10.8 Å². The molecule has 0 aliphatic heterocycles. The van der Waals surface area contributed by atoms with Crippen LogP contribution in [-0.2, 0) is 16.1 Å². The lowest BCUT2D eigenvalue weighted by Gasteiger charge is -2.04. The summed E-state index contributed by atoms with van der Waals surface area (Å²) in [4.78, 5) is 11.6. The lowest BCUT2D eigenvalue weighted by atomic mass is 10.1. The van der Waals surface area contributed by atoms with Crippen LogP contribution in [0.1, 0.15) is 29.3 Å². The fraction of sp³-hybridized carbons (Fsp3) is 0.278. The number of rotatable bonds is 5. The third-order valence-electron chi connectivity index (χ3n) is 3.42. The molecule has 6 heteroatoms. The van der Waals surface area contributed by atoms with Crippen molar-refractivity contribution in [3.8, 4) is 6.07 Å². The number of halogens is 1. The van der Waals surface area contributed by atoms with E-state index in [0.29, 0.717) is 23.0 Å². The van der Waals surface area contributed by atoms with Crippen LogP contribution in [0.15, 0.2) is 30.3 Å². The van der Waals surface area contributed by atoms with Crippen molar-refractivity contribution < 1.29 is 9.53 Å². The van der Waals surface area contributed by atoms with Gasteiger partial charge >= 0.3 is 5.97 Å². The van der Waals surface area contributed by atoms with Crippen LogP contribution >= 0.6 is 11.6 Å². The molecule has 0 saturated carbocycles. The maximum absolute atomic E-state index is 11.6. The van der Waals surface area contributed by atoms with Gasteiger partial charge in [-0.3, -0.25) is 0 Å². The SMILES string of the molecule is Cc1ccc(Cn2nc(C)c(/C=C/C(=O)O[C@H](C)C#N)c2Cl)cc1. The van der Waals surface area contributed by atoms with E-state index in [2.05, 4.69) is 5.10 Å². The first-order valence-corrected chi connectivity index (χ1v) is 7.85.